The number of amides is 2. The van der Waals surface area contributed by atoms with Crippen LogP contribution >= 0.6 is 0 Å². The minimum Gasteiger partial charge on any atom is -0.491 e. The summed E-state index contributed by atoms with van der Waals surface area (Å²) >= 11 is 0. The number of benzene rings is 1. The van der Waals surface area contributed by atoms with Crippen LogP contribution in [0.3, 0.4) is 0 Å². The highest BCUT2D eigenvalue weighted by atomic mass is 16.5. The first-order valence-electron chi connectivity index (χ1n) is 11.5. The number of carboxylic acid groups (broad SMARTS) is 1. The van der Waals surface area contributed by atoms with Crippen LogP contribution in [0.5, 0.6) is 5.75 Å². The zero-order valence-electron chi connectivity index (χ0n) is 20.5. The van der Waals surface area contributed by atoms with Crippen molar-refractivity contribution >= 4 is 34.8 Å². The zero-order valence-corrected chi connectivity index (χ0v) is 20.5. The number of carbonyl (C=O) groups excluding carboxylic acids is 2. The summed E-state index contributed by atoms with van der Waals surface area (Å²) in [5.74, 6) is -1.49. The monoisotopic (exact) mass is 501 g/mol. The average Bonchev–Trinajstić information content (AvgIpc) is 3.39. The molecule has 0 aliphatic rings. The van der Waals surface area contributed by atoms with Gasteiger partial charge in [-0.1, -0.05) is 0 Å². The number of nitrogens with one attached hydrogen (secondary N) is 1. The number of nitrogens with zero attached hydrogens (tertiary/aromatic N) is 4. The van der Waals surface area contributed by atoms with Gasteiger partial charge in [0.15, 0.2) is 0 Å². The molecule has 3 rings (SSSR count). The molecule has 13 nitrogen and oxygen atoms in total. The van der Waals surface area contributed by atoms with Gasteiger partial charge in [-0.2, -0.15) is 5.10 Å². The molecular formula is C23H31N7O6. The molecule has 1 aromatic carbocycles. The molecular weight excluding hydrogens is 470 g/mol. The number of anilines is 1. The molecule has 2 aromatic heterocycles. The topological polar surface area (TPSA) is 190 Å². The van der Waals surface area contributed by atoms with Gasteiger partial charge in [0.2, 0.25) is 11.9 Å². The number of nitrogens with two attached hydrogens (primary N) is 2. The molecule has 6 N–H and O–H groups in total. The second-order valence-corrected chi connectivity index (χ2v) is 8.05. The van der Waals surface area contributed by atoms with Crippen molar-refractivity contribution in [2.75, 3.05) is 25.1 Å². The van der Waals surface area contributed by atoms with Gasteiger partial charge in [-0.3, -0.25) is 24.4 Å². The van der Waals surface area contributed by atoms with Crippen LogP contribution in [0.1, 0.15) is 46.8 Å². The molecule has 36 heavy (non-hydrogen) atoms. The van der Waals surface area contributed by atoms with Crippen molar-refractivity contribution in [1.82, 2.24) is 19.3 Å². The fraction of sp³-hybridized carbons (Fsp3) is 0.435. The van der Waals surface area contributed by atoms with Crippen LogP contribution in [-0.2, 0) is 22.6 Å². The summed E-state index contributed by atoms with van der Waals surface area (Å²) in [5.41, 5.74) is 13.3. The van der Waals surface area contributed by atoms with E-state index in [0.717, 1.165) is 5.69 Å². The Bertz CT molecular complexity index is 1270. The number of aromatic nitrogens is 4. The van der Waals surface area contributed by atoms with Crippen molar-refractivity contribution in [3.63, 3.8) is 0 Å². The third-order valence-corrected chi connectivity index (χ3v) is 5.37. The van der Waals surface area contributed by atoms with Crippen molar-refractivity contribution in [3.8, 4) is 5.75 Å². The lowest BCUT2D eigenvalue weighted by Gasteiger charge is -2.13. The Morgan fingerprint density at radius 3 is 2.56 bits per heavy atom. The smallest absolute Gasteiger partial charge is 0.322 e. The number of aliphatic carboxylic acids is 1. The molecule has 0 radical (unpaired) electrons. The molecule has 0 spiro atoms. The van der Waals surface area contributed by atoms with Crippen LogP contribution in [0.25, 0.3) is 11.0 Å². The molecule has 0 aliphatic heterocycles. The lowest BCUT2D eigenvalue weighted by atomic mass is 10.1. The van der Waals surface area contributed by atoms with Gasteiger partial charge in [0.25, 0.3) is 5.91 Å². The summed E-state index contributed by atoms with van der Waals surface area (Å²) in [6.07, 6.45) is 0.443. The second-order valence-electron chi connectivity index (χ2n) is 8.05. The third-order valence-electron chi connectivity index (χ3n) is 5.37. The van der Waals surface area contributed by atoms with E-state index in [1.807, 2.05) is 20.8 Å². The Balaban J connectivity index is 1.83. The van der Waals surface area contributed by atoms with Crippen molar-refractivity contribution in [3.05, 3.63) is 35.2 Å². The molecule has 0 bridgehead atoms. The normalized spacial score (nSPS) is 12.0. The number of primary amides is 1. The maximum Gasteiger partial charge on any atom is 0.322 e. The molecule has 194 valence electrons. The summed E-state index contributed by atoms with van der Waals surface area (Å²) in [4.78, 5) is 40.2. The predicted octanol–water partition coefficient (Wildman–Crippen LogP) is 1.13. The standard InChI is InChI=1S/C23H31N7O6/c1-4-29-19-16(26-23(29)27-21(32)17-9-13(3)28-30(17)5-2)10-14(20(25)31)11-18(19)36-8-6-7-35-12-15(24)22(33)34/h9-11,15H,4-8,12,24H2,1-3H3,(H2,25,31)(H,33,34)(H,26,27,32)/t15-/m0/s1. The first-order valence-corrected chi connectivity index (χ1v) is 11.5. The van der Waals surface area contributed by atoms with E-state index in [0.29, 0.717) is 42.0 Å². The summed E-state index contributed by atoms with van der Waals surface area (Å²) in [6, 6.07) is 3.68. The Kier molecular flexibility index (Phi) is 8.61. The van der Waals surface area contributed by atoms with Crippen LogP contribution in [0.15, 0.2) is 18.2 Å². The second kappa shape index (κ2) is 11.6. The zero-order chi connectivity index (χ0) is 26.4. The van der Waals surface area contributed by atoms with Crippen LogP contribution in [0.4, 0.5) is 5.95 Å². The fourth-order valence-electron chi connectivity index (χ4n) is 3.65. The maximum absolute atomic E-state index is 13.0. The SMILES string of the molecule is CCn1nc(C)cc1C(=O)Nc1nc2cc(C(N)=O)cc(OCCCOC[C@H](N)C(=O)O)c2n1CC. The number of ether oxygens (including phenoxy) is 2. The van der Waals surface area contributed by atoms with E-state index in [9.17, 15) is 14.4 Å². The molecule has 0 unspecified atom stereocenters. The Labute approximate surface area is 207 Å². The Morgan fingerprint density at radius 2 is 1.92 bits per heavy atom. The van der Waals surface area contributed by atoms with Crippen LogP contribution in [0.2, 0.25) is 0 Å². The van der Waals surface area contributed by atoms with Gasteiger partial charge in [0.1, 0.15) is 23.0 Å². The number of carbonyl (C=O) groups is 3. The lowest BCUT2D eigenvalue weighted by Crippen LogP contribution is -2.35. The Hall–Kier alpha value is -3.97. The van der Waals surface area contributed by atoms with Crippen LogP contribution in [-0.4, -0.2) is 68.1 Å². The average molecular weight is 502 g/mol. The molecule has 0 saturated heterocycles. The van der Waals surface area contributed by atoms with Gasteiger partial charge in [0, 0.05) is 31.7 Å². The predicted molar refractivity (Wildman–Crippen MR) is 131 cm³/mol. The summed E-state index contributed by atoms with van der Waals surface area (Å²) in [5, 5.41) is 15.9. The quantitative estimate of drug-likeness (QED) is 0.249. The molecule has 2 heterocycles. The minimum atomic E-state index is -1.14. The highest BCUT2D eigenvalue weighted by Gasteiger charge is 2.21. The van der Waals surface area contributed by atoms with E-state index in [1.54, 1.807) is 21.4 Å². The number of carboxylic acids is 1. The van der Waals surface area contributed by atoms with Crippen molar-refractivity contribution < 1.29 is 29.0 Å². The van der Waals surface area contributed by atoms with E-state index >= 15 is 0 Å². The van der Waals surface area contributed by atoms with Gasteiger partial charge < -0.3 is 30.6 Å². The lowest BCUT2D eigenvalue weighted by molar-refractivity contribution is -0.140. The van der Waals surface area contributed by atoms with Gasteiger partial charge in [-0.15, -0.1) is 0 Å². The number of hydrogen-bond acceptors (Lipinski definition) is 8. The number of fused-ring (bicyclic) bond motifs is 1. The van der Waals surface area contributed by atoms with Crippen molar-refractivity contribution in [1.29, 1.82) is 0 Å². The van der Waals surface area contributed by atoms with Gasteiger partial charge in [-0.25, -0.2) is 4.98 Å². The largest absolute Gasteiger partial charge is 0.491 e. The van der Waals surface area contributed by atoms with Gasteiger partial charge >= 0.3 is 5.97 Å². The first-order chi connectivity index (χ1) is 17.2. The van der Waals surface area contributed by atoms with E-state index < -0.39 is 17.9 Å². The van der Waals surface area contributed by atoms with E-state index in [1.165, 1.54) is 6.07 Å². The highest BCUT2D eigenvalue weighted by molar-refractivity contribution is 6.04. The summed E-state index contributed by atoms with van der Waals surface area (Å²) < 4.78 is 14.6. The van der Waals surface area contributed by atoms with E-state index in [2.05, 4.69) is 15.4 Å². The van der Waals surface area contributed by atoms with E-state index in [-0.39, 0.29) is 37.2 Å². The molecule has 1 atom stereocenters. The summed E-state index contributed by atoms with van der Waals surface area (Å²) in [6.45, 7) is 6.92. The molecule has 13 heteroatoms. The number of rotatable bonds is 13. The number of aryl methyl sites for hydroxylation is 3. The molecule has 2 amide bonds. The van der Waals surface area contributed by atoms with Gasteiger partial charge in [-0.05, 0) is 39.0 Å². The fourth-order valence-corrected chi connectivity index (χ4v) is 3.65. The van der Waals surface area contributed by atoms with Crippen molar-refractivity contribution in [2.24, 2.45) is 11.5 Å². The molecule has 3 aromatic rings. The highest BCUT2D eigenvalue weighted by Crippen LogP contribution is 2.31. The number of hydrogen-bond donors (Lipinski definition) is 4. The van der Waals surface area contributed by atoms with E-state index in [4.69, 9.17) is 26.0 Å². The molecule has 0 aliphatic carbocycles. The van der Waals surface area contributed by atoms with Crippen LogP contribution < -0.4 is 21.5 Å². The first kappa shape index (κ1) is 26.6. The van der Waals surface area contributed by atoms with Crippen molar-refractivity contribution in [2.45, 2.75) is 46.3 Å². The minimum absolute atomic E-state index is 0.112. The third kappa shape index (κ3) is 5.98. The summed E-state index contributed by atoms with van der Waals surface area (Å²) in [7, 11) is 0. The maximum atomic E-state index is 13.0. The molecule has 0 saturated carbocycles. The number of imidazole rings is 1. The Morgan fingerprint density at radius 1 is 1.17 bits per heavy atom. The van der Waals surface area contributed by atoms with Gasteiger partial charge in [0.05, 0.1) is 24.4 Å². The molecule has 0 fully saturated rings. The van der Waals surface area contributed by atoms with Crippen LogP contribution in [0, 0.1) is 6.92 Å².